The van der Waals surface area contributed by atoms with Crippen molar-refractivity contribution in [3.05, 3.63) is 18.7 Å². The average Bonchev–Trinajstić information content (AvgIpc) is 3.23. The van der Waals surface area contributed by atoms with E-state index in [9.17, 15) is 19.5 Å². The molecule has 1 atom stereocenters. The van der Waals surface area contributed by atoms with Gasteiger partial charge in [0, 0.05) is 31.2 Å². The van der Waals surface area contributed by atoms with Gasteiger partial charge < -0.3 is 19.7 Å². The summed E-state index contributed by atoms with van der Waals surface area (Å²) in [5, 5.41) is 12.0. The molecule has 1 rings (SSSR count). The standard InChI is InChI=1S/C22H37N3O5S/c1-18(2)7-4-3-5-14-30-20(26)9-16-31-15-8-19(22(28)29)21(27)24-10-6-12-25-13-11-23-17-25/h11,13,17-19H,3-10,12,14-16H2,1-2H3,(H,24,27)(H,28,29). The number of nitrogens with one attached hydrogen (secondary N) is 1. The third-order valence-corrected chi connectivity index (χ3v) is 5.77. The third kappa shape index (κ3) is 13.8. The number of carboxylic acid groups (broad SMARTS) is 1. The largest absolute Gasteiger partial charge is 0.481 e. The van der Waals surface area contributed by atoms with Crippen molar-refractivity contribution in [1.29, 1.82) is 0 Å². The number of thioether (sulfide) groups is 1. The van der Waals surface area contributed by atoms with Crippen LogP contribution in [0, 0.1) is 11.8 Å². The second-order valence-electron chi connectivity index (χ2n) is 7.95. The number of amides is 1. The summed E-state index contributed by atoms with van der Waals surface area (Å²) in [4.78, 5) is 39.2. The molecule has 0 spiro atoms. The molecule has 1 heterocycles. The Kier molecular flexibility index (Phi) is 14.5. The van der Waals surface area contributed by atoms with Crippen LogP contribution in [0.3, 0.4) is 0 Å². The number of hydrogen-bond donors (Lipinski definition) is 2. The molecular weight excluding hydrogens is 418 g/mol. The number of imidazole rings is 1. The molecule has 1 amide bonds. The maximum absolute atomic E-state index is 12.2. The fourth-order valence-corrected chi connectivity index (χ4v) is 3.85. The molecule has 31 heavy (non-hydrogen) atoms. The molecule has 8 nitrogen and oxygen atoms in total. The van der Waals surface area contributed by atoms with Gasteiger partial charge in [-0.3, -0.25) is 14.4 Å². The number of carbonyl (C=O) groups is 3. The first-order valence-electron chi connectivity index (χ1n) is 11.1. The fourth-order valence-electron chi connectivity index (χ4n) is 2.93. The van der Waals surface area contributed by atoms with Gasteiger partial charge in [-0.25, -0.2) is 4.98 Å². The van der Waals surface area contributed by atoms with Crippen molar-refractivity contribution in [2.45, 2.75) is 65.3 Å². The second-order valence-corrected chi connectivity index (χ2v) is 9.18. The number of aliphatic carboxylic acids is 1. The Hall–Kier alpha value is -2.03. The lowest BCUT2D eigenvalue weighted by Gasteiger charge is -2.13. The predicted octanol–water partition coefficient (Wildman–Crippen LogP) is 3.36. The van der Waals surface area contributed by atoms with Gasteiger partial charge in [-0.1, -0.05) is 33.1 Å². The number of hydrogen-bond acceptors (Lipinski definition) is 6. The Balaban J connectivity index is 2.08. The summed E-state index contributed by atoms with van der Waals surface area (Å²) in [7, 11) is 0. The number of ether oxygens (including phenoxy) is 1. The SMILES string of the molecule is CC(C)CCCCCOC(=O)CCSCCC(C(=O)O)C(=O)NCCCn1ccnc1. The molecule has 176 valence electrons. The summed E-state index contributed by atoms with van der Waals surface area (Å²) in [6.07, 6.45) is 10.8. The van der Waals surface area contributed by atoms with Crippen molar-refractivity contribution in [3.63, 3.8) is 0 Å². The molecule has 0 fully saturated rings. The first kappa shape index (κ1) is 27.0. The van der Waals surface area contributed by atoms with Crippen LogP contribution in [-0.4, -0.2) is 57.2 Å². The van der Waals surface area contributed by atoms with Crippen LogP contribution in [0.1, 0.15) is 58.8 Å². The van der Waals surface area contributed by atoms with Gasteiger partial charge in [0.05, 0.1) is 19.4 Å². The average molecular weight is 456 g/mol. The first-order valence-corrected chi connectivity index (χ1v) is 12.2. The monoisotopic (exact) mass is 455 g/mol. The molecule has 0 saturated heterocycles. The molecule has 1 aromatic heterocycles. The van der Waals surface area contributed by atoms with E-state index in [0.29, 0.717) is 50.0 Å². The minimum atomic E-state index is -1.12. The van der Waals surface area contributed by atoms with Gasteiger partial charge >= 0.3 is 11.9 Å². The maximum atomic E-state index is 12.2. The smallest absolute Gasteiger partial charge is 0.316 e. The summed E-state index contributed by atoms with van der Waals surface area (Å²) in [6.45, 7) is 5.99. The van der Waals surface area contributed by atoms with Crippen molar-refractivity contribution < 1.29 is 24.2 Å². The lowest BCUT2D eigenvalue weighted by atomic mass is 10.1. The fraction of sp³-hybridized carbons (Fsp3) is 0.727. The highest BCUT2D eigenvalue weighted by molar-refractivity contribution is 7.99. The van der Waals surface area contributed by atoms with E-state index in [-0.39, 0.29) is 12.4 Å². The zero-order valence-corrected chi connectivity index (χ0v) is 19.6. The van der Waals surface area contributed by atoms with E-state index in [1.807, 2.05) is 10.8 Å². The number of carbonyl (C=O) groups excluding carboxylic acids is 2. The van der Waals surface area contributed by atoms with Gasteiger partial charge in [0.25, 0.3) is 0 Å². The lowest BCUT2D eigenvalue weighted by molar-refractivity contribution is -0.147. The third-order valence-electron chi connectivity index (χ3n) is 4.76. The normalized spacial score (nSPS) is 12.0. The zero-order valence-electron chi connectivity index (χ0n) is 18.8. The molecule has 0 bridgehead atoms. The van der Waals surface area contributed by atoms with Crippen LogP contribution in [0.4, 0.5) is 0 Å². The molecule has 0 aliphatic carbocycles. The summed E-state index contributed by atoms with van der Waals surface area (Å²) >= 11 is 1.47. The minimum absolute atomic E-state index is 0.221. The highest BCUT2D eigenvalue weighted by Crippen LogP contribution is 2.13. The van der Waals surface area contributed by atoms with Crippen LogP contribution in [0.15, 0.2) is 18.7 Å². The number of nitrogens with zero attached hydrogens (tertiary/aromatic N) is 2. The number of unbranched alkanes of at least 4 members (excludes halogenated alkanes) is 2. The van der Waals surface area contributed by atoms with E-state index in [0.717, 1.165) is 19.3 Å². The Bertz CT molecular complexity index is 637. The molecule has 1 aromatic rings. The Morgan fingerprint density at radius 3 is 2.61 bits per heavy atom. The van der Waals surface area contributed by atoms with Crippen LogP contribution in [-0.2, 0) is 25.7 Å². The summed E-state index contributed by atoms with van der Waals surface area (Å²) < 4.78 is 7.12. The Morgan fingerprint density at radius 2 is 1.94 bits per heavy atom. The molecule has 0 saturated carbocycles. The van der Waals surface area contributed by atoms with E-state index in [1.165, 1.54) is 18.2 Å². The van der Waals surface area contributed by atoms with E-state index in [1.54, 1.807) is 12.5 Å². The molecule has 0 aromatic carbocycles. The molecular formula is C22H37N3O5S. The highest BCUT2D eigenvalue weighted by Gasteiger charge is 2.25. The van der Waals surface area contributed by atoms with Crippen molar-refractivity contribution >= 4 is 29.6 Å². The van der Waals surface area contributed by atoms with Crippen molar-refractivity contribution in [3.8, 4) is 0 Å². The van der Waals surface area contributed by atoms with Gasteiger partial charge in [0.1, 0.15) is 5.92 Å². The Labute approximate surface area is 189 Å². The molecule has 0 aliphatic heterocycles. The molecule has 9 heteroatoms. The van der Waals surface area contributed by atoms with Crippen LogP contribution in [0.5, 0.6) is 0 Å². The number of aryl methyl sites for hydroxylation is 1. The number of rotatable bonds is 18. The van der Waals surface area contributed by atoms with Crippen LogP contribution in [0.25, 0.3) is 0 Å². The quantitative estimate of drug-likeness (QED) is 0.198. The van der Waals surface area contributed by atoms with E-state index in [4.69, 9.17) is 4.74 Å². The highest BCUT2D eigenvalue weighted by atomic mass is 32.2. The summed E-state index contributed by atoms with van der Waals surface area (Å²) in [5.74, 6) is -1.10. The van der Waals surface area contributed by atoms with Gasteiger partial charge in [-0.2, -0.15) is 11.8 Å². The van der Waals surface area contributed by atoms with E-state index >= 15 is 0 Å². The molecule has 0 radical (unpaired) electrons. The second kappa shape index (κ2) is 16.6. The van der Waals surface area contributed by atoms with Crippen molar-refractivity contribution in [1.82, 2.24) is 14.9 Å². The summed E-state index contributed by atoms with van der Waals surface area (Å²) in [5.41, 5.74) is 0. The van der Waals surface area contributed by atoms with Crippen LogP contribution >= 0.6 is 11.8 Å². The maximum Gasteiger partial charge on any atom is 0.316 e. The molecule has 0 aliphatic rings. The number of esters is 1. The van der Waals surface area contributed by atoms with Gasteiger partial charge in [0.2, 0.25) is 5.91 Å². The Morgan fingerprint density at radius 1 is 1.13 bits per heavy atom. The van der Waals surface area contributed by atoms with Gasteiger partial charge in [-0.15, -0.1) is 0 Å². The van der Waals surface area contributed by atoms with Crippen molar-refractivity contribution in [2.75, 3.05) is 24.7 Å². The zero-order chi connectivity index (χ0) is 22.9. The topological polar surface area (TPSA) is 111 Å². The van der Waals surface area contributed by atoms with Crippen molar-refractivity contribution in [2.24, 2.45) is 11.8 Å². The van der Waals surface area contributed by atoms with E-state index < -0.39 is 17.8 Å². The van der Waals surface area contributed by atoms with E-state index in [2.05, 4.69) is 24.1 Å². The number of aromatic nitrogens is 2. The molecule has 2 N–H and O–H groups in total. The van der Waals surface area contributed by atoms with Gasteiger partial charge in [0.15, 0.2) is 0 Å². The van der Waals surface area contributed by atoms with Gasteiger partial charge in [-0.05, 0) is 30.9 Å². The predicted molar refractivity (Wildman–Crippen MR) is 122 cm³/mol. The summed E-state index contributed by atoms with van der Waals surface area (Å²) in [6, 6.07) is 0. The lowest BCUT2D eigenvalue weighted by Crippen LogP contribution is -2.36. The van der Waals surface area contributed by atoms with Crippen LogP contribution in [0.2, 0.25) is 0 Å². The molecule has 1 unspecified atom stereocenters. The van der Waals surface area contributed by atoms with Crippen LogP contribution < -0.4 is 5.32 Å². The number of carboxylic acids is 1. The minimum Gasteiger partial charge on any atom is -0.481 e. The first-order chi connectivity index (χ1) is 14.9.